The van der Waals surface area contributed by atoms with Gasteiger partial charge in [-0.15, -0.1) is 11.3 Å². The molecule has 0 radical (unpaired) electrons. The monoisotopic (exact) mass is 253 g/mol. The van der Waals surface area contributed by atoms with E-state index >= 15 is 0 Å². The summed E-state index contributed by atoms with van der Waals surface area (Å²) in [4.78, 5) is 8.89. The highest BCUT2D eigenvalue weighted by molar-refractivity contribution is 8.14. The average molecular weight is 253 g/mol. The summed E-state index contributed by atoms with van der Waals surface area (Å²) in [7, 11) is 0. The highest BCUT2D eigenvalue weighted by atomic mass is 32.2. The number of thiazole rings is 1. The molecule has 0 aromatic carbocycles. The number of hydrogen-bond acceptors (Lipinski definition) is 5. The van der Waals surface area contributed by atoms with Crippen molar-refractivity contribution in [3.8, 4) is 0 Å². The maximum absolute atomic E-state index is 4.57. The first-order valence-electron chi connectivity index (χ1n) is 5.70. The molecule has 16 heavy (non-hydrogen) atoms. The van der Waals surface area contributed by atoms with Crippen molar-refractivity contribution in [3.05, 3.63) is 16.6 Å². The molecule has 0 bridgehead atoms. The lowest BCUT2D eigenvalue weighted by atomic mass is 10.3. The van der Waals surface area contributed by atoms with E-state index < -0.39 is 0 Å². The Morgan fingerprint density at radius 2 is 2.38 bits per heavy atom. The molecule has 1 aliphatic heterocycles. The number of rotatable bonds is 3. The van der Waals surface area contributed by atoms with Crippen LogP contribution in [-0.4, -0.2) is 21.9 Å². The highest BCUT2D eigenvalue weighted by Gasteiger charge is 2.35. The van der Waals surface area contributed by atoms with E-state index in [9.17, 15) is 0 Å². The molecular weight excluding hydrogens is 238 g/mol. The Hall–Kier alpha value is -0.550. The van der Waals surface area contributed by atoms with Crippen LogP contribution in [-0.2, 0) is 0 Å². The molecule has 5 heteroatoms. The van der Waals surface area contributed by atoms with Gasteiger partial charge in [0.2, 0.25) is 0 Å². The molecule has 1 aromatic heterocycles. The summed E-state index contributed by atoms with van der Waals surface area (Å²) in [6.07, 6.45) is 4.67. The van der Waals surface area contributed by atoms with Gasteiger partial charge in [-0.3, -0.25) is 4.99 Å². The van der Waals surface area contributed by atoms with Gasteiger partial charge in [-0.05, 0) is 25.7 Å². The quantitative estimate of drug-likeness (QED) is 0.900. The molecular formula is C11H15N3S2. The Morgan fingerprint density at radius 3 is 3.06 bits per heavy atom. The summed E-state index contributed by atoms with van der Waals surface area (Å²) in [5, 5.41) is 8.46. The van der Waals surface area contributed by atoms with E-state index in [4.69, 9.17) is 0 Å². The van der Waals surface area contributed by atoms with E-state index in [1.807, 2.05) is 23.3 Å². The lowest BCUT2D eigenvalue weighted by Gasteiger charge is -2.12. The van der Waals surface area contributed by atoms with Gasteiger partial charge >= 0.3 is 0 Å². The lowest BCUT2D eigenvalue weighted by Crippen LogP contribution is -2.23. The maximum atomic E-state index is 4.57. The van der Waals surface area contributed by atoms with Crippen LogP contribution >= 0.6 is 23.1 Å². The summed E-state index contributed by atoms with van der Waals surface area (Å²) in [5.74, 6) is 0.934. The summed E-state index contributed by atoms with van der Waals surface area (Å²) >= 11 is 3.62. The average Bonchev–Trinajstić information content (AvgIpc) is 2.82. The summed E-state index contributed by atoms with van der Waals surface area (Å²) < 4.78 is 0. The second kappa shape index (κ2) is 4.37. The Morgan fingerprint density at radius 1 is 1.50 bits per heavy atom. The molecule has 1 fully saturated rings. The number of aromatic nitrogens is 1. The first-order valence-corrected chi connectivity index (χ1v) is 7.46. The van der Waals surface area contributed by atoms with Crippen LogP contribution in [0.25, 0.3) is 0 Å². The largest absolute Gasteiger partial charge is 0.356 e. The van der Waals surface area contributed by atoms with Crippen LogP contribution in [0, 0.1) is 5.92 Å². The van der Waals surface area contributed by atoms with Crippen molar-refractivity contribution < 1.29 is 0 Å². The fourth-order valence-electron chi connectivity index (χ4n) is 1.88. The fourth-order valence-corrected chi connectivity index (χ4v) is 3.82. The number of nitrogens with zero attached hydrogens (tertiary/aromatic N) is 2. The van der Waals surface area contributed by atoms with Crippen molar-refractivity contribution in [2.75, 3.05) is 6.54 Å². The van der Waals surface area contributed by atoms with Gasteiger partial charge in [0.25, 0.3) is 0 Å². The minimum Gasteiger partial charge on any atom is -0.356 e. The minimum atomic E-state index is 0.282. The zero-order chi connectivity index (χ0) is 11.0. The molecule has 0 saturated heterocycles. The van der Waals surface area contributed by atoms with Gasteiger partial charge in [-0.1, -0.05) is 11.8 Å². The zero-order valence-corrected chi connectivity index (χ0v) is 10.9. The third-order valence-electron chi connectivity index (χ3n) is 2.99. The molecule has 2 unspecified atom stereocenters. The van der Waals surface area contributed by atoms with Crippen LogP contribution in [0.15, 0.2) is 16.6 Å². The van der Waals surface area contributed by atoms with Crippen LogP contribution < -0.4 is 5.32 Å². The smallest absolute Gasteiger partial charge is 0.157 e. The Bertz CT molecular complexity index is 384. The van der Waals surface area contributed by atoms with Crippen LogP contribution in [0.4, 0.5) is 0 Å². The molecule has 1 aliphatic carbocycles. The molecule has 1 saturated carbocycles. The number of hydrogen-bond donors (Lipinski definition) is 1. The van der Waals surface area contributed by atoms with E-state index in [1.165, 1.54) is 12.8 Å². The molecule has 3 nitrogen and oxygen atoms in total. The van der Waals surface area contributed by atoms with Crippen LogP contribution in [0.2, 0.25) is 0 Å². The molecule has 2 atom stereocenters. The number of thioether (sulfide) groups is 1. The van der Waals surface area contributed by atoms with Crippen molar-refractivity contribution in [1.29, 1.82) is 0 Å². The lowest BCUT2D eigenvalue weighted by molar-refractivity contribution is 0.714. The van der Waals surface area contributed by atoms with Crippen molar-refractivity contribution in [2.45, 2.75) is 31.1 Å². The third-order valence-corrected chi connectivity index (χ3v) is 5.25. The van der Waals surface area contributed by atoms with Crippen molar-refractivity contribution in [3.63, 3.8) is 0 Å². The van der Waals surface area contributed by atoms with Gasteiger partial charge in [-0.2, -0.15) is 0 Å². The van der Waals surface area contributed by atoms with Gasteiger partial charge in [0.05, 0.1) is 12.6 Å². The Balaban J connectivity index is 1.55. The van der Waals surface area contributed by atoms with E-state index in [0.717, 1.165) is 27.9 Å². The molecule has 2 heterocycles. The number of nitrogens with one attached hydrogen (secondary N) is 1. The molecule has 0 amide bonds. The van der Waals surface area contributed by atoms with Gasteiger partial charge in [0.1, 0.15) is 5.01 Å². The van der Waals surface area contributed by atoms with Gasteiger partial charge in [0, 0.05) is 16.8 Å². The molecule has 86 valence electrons. The first-order chi connectivity index (χ1) is 7.83. The summed E-state index contributed by atoms with van der Waals surface area (Å²) in [5.41, 5.74) is 0. The maximum Gasteiger partial charge on any atom is 0.157 e. The molecule has 2 aliphatic rings. The number of aliphatic imine (C=N–C) groups is 1. The highest BCUT2D eigenvalue weighted by Crippen LogP contribution is 2.41. The minimum absolute atomic E-state index is 0.282. The molecule has 3 rings (SSSR count). The van der Waals surface area contributed by atoms with Crippen LogP contribution in [0.1, 0.15) is 30.8 Å². The molecule has 0 spiro atoms. The van der Waals surface area contributed by atoms with E-state index in [1.54, 1.807) is 11.3 Å². The standard InChI is InChI=1S/C11H15N3S2/c1-7(10-12-4-5-15-10)14-11-13-6-9(16-11)8-2-3-8/h4-5,7-9H,2-3,6H2,1H3,(H,13,14). The molecule has 1 N–H and O–H groups in total. The zero-order valence-electron chi connectivity index (χ0n) is 9.22. The Kier molecular flexibility index (Phi) is 2.90. The van der Waals surface area contributed by atoms with E-state index in [2.05, 4.69) is 22.2 Å². The second-order valence-electron chi connectivity index (χ2n) is 4.38. The Labute approximate surface area is 104 Å². The summed E-state index contributed by atoms with van der Waals surface area (Å²) in [6.45, 7) is 3.15. The van der Waals surface area contributed by atoms with Crippen molar-refractivity contribution in [2.24, 2.45) is 10.9 Å². The predicted octanol–water partition coefficient (Wildman–Crippen LogP) is 2.68. The van der Waals surface area contributed by atoms with Crippen molar-refractivity contribution >= 4 is 28.3 Å². The fraction of sp³-hybridized carbons (Fsp3) is 0.636. The third kappa shape index (κ3) is 2.25. The number of amidine groups is 1. The van der Waals surface area contributed by atoms with Gasteiger partial charge in [0.15, 0.2) is 5.17 Å². The van der Waals surface area contributed by atoms with Crippen LogP contribution in [0.3, 0.4) is 0 Å². The van der Waals surface area contributed by atoms with Crippen molar-refractivity contribution in [1.82, 2.24) is 10.3 Å². The second-order valence-corrected chi connectivity index (χ2v) is 6.53. The van der Waals surface area contributed by atoms with E-state index in [0.29, 0.717) is 0 Å². The topological polar surface area (TPSA) is 37.3 Å². The van der Waals surface area contributed by atoms with E-state index in [-0.39, 0.29) is 6.04 Å². The normalized spacial score (nSPS) is 26.6. The van der Waals surface area contributed by atoms with Gasteiger partial charge < -0.3 is 5.32 Å². The first kappa shape index (κ1) is 10.6. The molecule has 1 aromatic rings. The summed E-state index contributed by atoms with van der Waals surface area (Å²) in [6, 6.07) is 0.282. The van der Waals surface area contributed by atoms with Crippen LogP contribution in [0.5, 0.6) is 0 Å². The SMILES string of the molecule is CC(NC1=NCC(C2CC2)S1)c1nccs1. The van der Waals surface area contributed by atoms with Gasteiger partial charge in [-0.25, -0.2) is 4.98 Å². The predicted molar refractivity (Wildman–Crippen MR) is 70.1 cm³/mol.